The number of hydrazine groups is 1. The van der Waals surface area contributed by atoms with Gasteiger partial charge in [-0.15, -0.1) is 0 Å². The van der Waals surface area contributed by atoms with Gasteiger partial charge < -0.3 is 20.7 Å². The van der Waals surface area contributed by atoms with E-state index in [1.54, 1.807) is 19.1 Å². The van der Waals surface area contributed by atoms with Crippen LogP contribution in [0.2, 0.25) is 0 Å². The van der Waals surface area contributed by atoms with Crippen molar-refractivity contribution >= 4 is 17.8 Å². The summed E-state index contributed by atoms with van der Waals surface area (Å²) in [5, 5.41) is 24.9. The maximum atomic E-state index is 12.6. The van der Waals surface area contributed by atoms with Crippen LogP contribution in [0.15, 0.2) is 24.3 Å². The predicted octanol–water partition coefficient (Wildman–Crippen LogP) is 1.91. The maximum absolute atomic E-state index is 12.6. The highest BCUT2D eigenvalue weighted by atomic mass is 16.7. The second kappa shape index (κ2) is 15.4. The molecule has 0 saturated carbocycles. The van der Waals surface area contributed by atoms with Gasteiger partial charge in [-0.3, -0.25) is 15.0 Å². The molecule has 11 nitrogen and oxygen atoms in total. The molecule has 0 fully saturated rings. The minimum absolute atomic E-state index is 0.219. The van der Waals surface area contributed by atoms with Crippen molar-refractivity contribution in [2.45, 2.75) is 58.4 Å². The summed E-state index contributed by atoms with van der Waals surface area (Å²) in [6.07, 6.45) is 3.10. The van der Waals surface area contributed by atoms with E-state index >= 15 is 0 Å². The number of rotatable bonds is 15. The third-order valence-corrected chi connectivity index (χ3v) is 4.69. The number of aryl methyl sites for hydroxylation is 1. The van der Waals surface area contributed by atoms with Gasteiger partial charge in [-0.05, 0) is 55.7 Å². The van der Waals surface area contributed by atoms with Crippen molar-refractivity contribution in [3.05, 3.63) is 46.5 Å². The molecule has 183 valence electrons. The van der Waals surface area contributed by atoms with E-state index in [0.717, 1.165) is 17.7 Å². The Bertz CT molecular complexity index is 769. The zero-order valence-corrected chi connectivity index (χ0v) is 19.5. The van der Waals surface area contributed by atoms with Gasteiger partial charge in [-0.2, -0.15) is 0 Å². The fourth-order valence-electron chi connectivity index (χ4n) is 2.93. The van der Waals surface area contributed by atoms with Crippen molar-refractivity contribution in [3.63, 3.8) is 0 Å². The summed E-state index contributed by atoms with van der Waals surface area (Å²) < 4.78 is 5.14. The number of guanidine groups is 1. The molecule has 0 bridgehead atoms. The fourth-order valence-corrected chi connectivity index (χ4v) is 2.93. The quantitative estimate of drug-likeness (QED) is 0.0873. The van der Waals surface area contributed by atoms with Crippen molar-refractivity contribution in [1.29, 1.82) is 5.41 Å². The van der Waals surface area contributed by atoms with Crippen LogP contribution < -0.4 is 26.1 Å². The summed E-state index contributed by atoms with van der Waals surface area (Å²) in [7, 11) is 1.61. The van der Waals surface area contributed by atoms with Crippen LogP contribution >= 0.6 is 0 Å². The molecule has 0 saturated heterocycles. The minimum Gasteiger partial charge on any atom is -0.497 e. The number of carbonyl (C=O) groups is 2. The molecular weight excluding hydrogens is 428 g/mol. The molecule has 0 aliphatic rings. The van der Waals surface area contributed by atoms with Crippen LogP contribution in [-0.2, 0) is 16.0 Å². The maximum Gasteiger partial charge on any atom is 0.251 e. The van der Waals surface area contributed by atoms with E-state index in [2.05, 4.69) is 16.0 Å². The van der Waals surface area contributed by atoms with E-state index in [9.17, 15) is 19.7 Å². The number of hydrogen-bond acceptors (Lipinski definition) is 6. The largest absolute Gasteiger partial charge is 0.497 e. The molecule has 0 heterocycles. The predicted molar refractivity (Wildman–Crippen MR) is 125 cm³/mol. The summed E-state index contributed by atoms with van der Waals surface area (Å²) in [6.45, 7) is 5.99. The highest BCUT2D eigenvalue weighted by Crippen LogP contribution is 2.13. The van der Waals surface area contributed by atoms with Gasteiger partial charge in [0.2, 0.25) is 11.8 Å². The van der Waals surface area contributed by atoms with E-state index in [1.807, 2.05) is 38.1 Å². The van der Waals surface area contributed by atoms with Gasteiger partial charge in [0.05, 0.1) is 7.11 Å². The lowest BCUT2D eigenvalue weighted by atomic mass is 10.1. The number of amides is 2. The molecule has 11 heteroatoms. The molecule has 0 unspecified atom stereocenters. The zero-order chi connectivity index (χ0) is 24.6. The van der Waals surface area contributed by atoms with E-state index < -0.39 is 17.0 Å². The molecule has 1 rings (SSSR count). The first-order chi connectivity index (χ1) is 15.7. The number of methoxy groups -OCH3 is 1. The number of hydrogen-bond donors (Lipinski definition) is 5. The molecule has 1 radical (unpaired) electrons. The lowest BCUT2D eigenvalue weighted by molar-refractivity contribution is -0.525. The summed E-state index contributed by atoms with van der Waals surface area (Å²) in [5.74, 6) is 0.203. The van der Waals surface area contributed by atoms with E-state index in [1.165, 1.54) is 0 Å². The number of nitrogens with zero attached hydrogens (tertiary/aromatic N) is 1. The SMILES string of the molecule is COc1ccc(CCCC(=O)N[C@@H](CCCNC(=N)N[N+](=O)[O-])C(=O)N[CH]CC(C)C)cc1. The minimum atomic E-state index is -0.831. The van der Waals surface area contributed by atoms with Crippen LogP contribution in [0.3, 0.4) is 0 Å². The number of carbonyl (C=O) groups excluding carboxylic acids is 2. The Labute approximate surface area is 194 Å². The first-order valence-electron chi connectivity index (χ1n) is 11.0. The highest BCUT2D eigenvalue weighted by molar-refractivity contribution is 5.87. The summed E-state index contributed by atoms with van der Waals surface area (Å²) in [5.41, 5.74) is 2.80. The van der Waals surface area contributed by atoms with Gasteiger partial charge in [0, 0.05) is 19.5 Å². The lowest BCUT2D eigenvalue weighted by Gasteiger charge is -2.19. The Hall–Kier alpha value is -3.37. The Morgan fingerprint density at radius 1 is 1.21 bits per heavy atom. The first kappa shape index (κ1) is 27.7. The molecule has 0 aliphatic heterocycles. The smallest absolute Gasteiger partial charge is 0.251 e. The third kappa shape index (κ3) is 12.9. The van der Waals surface area contributed by atoms with Gasteiger partial charge in [0.1, 0.15) is 11.8 Å². The average molecular weight is 464 g/mol. The zero-order valence-electron chi connectivity index (χ0n) is 19.5. The monoisotopic (exact) mass is 463 g/mol. The Balaban J connectivity index is 2.50. The number of nitro groups is 1. The van der Waals surface area contributed by atoms with Crippen molar-refractivity contribution < 1.29 is 19.4 Å². The van der Waals surface area contributed by atoms with E-state index in [-0.39, 0.29) is 24.8 Å². The normalized spacial score (nSPS) is 11.4. The third-order valence-electron chi connectivity index (χ3n) is 4.69. The fraction of sp³-hybridized carbons (Fsp3) is 0.545. The molecule has 1 atom stereocenters. The summed E-state index contributed by atoms with van der Waals surface area (Å²) in [4.78, 5) is 35.3. The lowest BCUT2D eigenvalue weighted by Crippen LogP contribution is -2.46. The van der Waals surface area contributed by atoms with Gasteiger partial charge in [0.15, 0.2) is 5.03 Å². The van der Waals surface area contributed by atoms with Crippen LogP contribution in [0, 0.1) is 28.0 Å². The molecule has 2 amide bonds. The average Bonchev–Trinajstić information content (AvgIpc) is 2.75. The van der Waals surface area contributed by atoms with Crippen LogP contribution in [0.1, 0.15) is 51.5 Å². The summed E-state index contributed by atoms with van der Waals surface area (Å²) in [6, 6.07) is 6.92. The number of ether oxygens (including phenoxy) is 1. The van der Waals surface area contributed by atoms with Crippen molar-refractivity contribution in [3.8, 4) is 5.75 Å². The van der Waals surface area contributed by atoms with Crippen molar-refractivity contribution in [1.82, 2.24) is 21.4 Å². The topological polar surface area (TPSA) is 158 Å². The number of benzene rings is 1. The summed E-state index contributed by atoms with van der Waals surface area (Å²) >= 11 is 0. The van der Waals surface area contributed by atoms with Crippen LogP contribution in [-0.4, -0.2) is 42.5 Å². The first-order valence-corrected chi connectivity index (χ1v) is 11.0. The Kier molecular flexibility index (Phi) is 12.9. The standard InChI is InChI=1S/C22H35N6O5/c1-16(2)13-15-24-21(30)19(7-5-14-25-22(23)27-28(31)32)26-20(29)8-4-6-17-9-11-18(33-3)12-10-17/h9-12,15-16,19H,4-8,13-14H2,1-3H3,(H,24,30)(H,26,29)(H3,23,25,27)/t19-/m0/s1. The molecule has 1 aromatic carbocycles. The molecule has 0 spiro atoms. The second-order valence-electron chi connectivity index (χ2n) is 7.98. The Morgan fingerprint density at radius 3 is 2.52 bits per heavy atom. The van der Waals surface area contributed by atoms with Crippen LogP contribution in [0.4, 0.5) is 0 Å². The molecule has 1 aromatic rings. The Morgan fingerprint density at radius 2 is 1.91 bits per heavy atom. The molecular formula is C22H35N6O5. The molecule has 0 aromatic heterocycles. The number of nitrogens with one attached hydrogen (secondary N) is 5. The van der Waals surface area contributed by atoms with E-state index in [4.69, 9.17) is 10.1 Å². The van der Waals surface area contributed by atoms with Crippen LogP contribution in [0.5, 0.6) is 5.75 Å². The molecule has 5 N–H and O–H groups in total. The highest BCUT2D eigenvalue weighted by Gasteiger charge is 2.20. The van der Waals surface area contributed by atoms with Crippen molar-refractivity contribution in [2.24, 2.45) is 5.92 Å². The molecule has 0 aliphatic carbocycles. The van der Waals surface area contributed by atoms with Gasteiger partial charge in [0.25, 0.3) is 5.96 Å². The van der Waals surface area contributed by atoms with Gasteiger partial charge >= 0.3 is 0 Å². The van der Waals surface area contributed by atoms with Gasteiger partial charge in [-0.1, -0.05) is 31.4 Å². The van der Waals surface area contributed by atoms with E-state index in [0.29, 0.717) is 31.6 Å². The van der Waals surface area contributed by atoms with Crippen molar-refractivity contribution in [2.75, 3.05) is 13.7 Å². The van der Waals surface area contributed by atoms with Gasteiger partial charge in [-0.25, -0.2) is 10.1 Å². The van der Waals surface area contributed by atoms with Crippen LogP contribution in [0.25, 0.3) is 0 Å². The molecule has 33 heavy (non-hydrogen) atoms. The second-order valence-corrected chi connectivity index (χ2v) is 7.98.